The first-order valence-corrected chi connectivity index (χ1v) is 13.2. The Hall–Kier alpha value is -3.04. The molecule has 1 aliphatic rings. The standard InChI is InChI=1S/C27H31N3O4S/c1-21(22-8-3-2-4-9-22)29-35(32,33)26-13-7-12-23(18-26)27(31)28-19-24-10-5-6-11-25(24)20-30-14-16-34-17-15-30/h2-13,18,21,29H,14-17,19-20H2,1H3,(H,28,31)/t21-/m1/s1. The highest BCUT2D eigenvalue weighted by Crippen LogP contribution is 2.18. The van der Waals surface area contributed by atoms with Crippen LogP contribution in [0.25, 0.3) is 0 Å². The minimum atomic E-state index is -3.80. The van der Waals surface area contributed by atoms with Gasteiger partial charge in [-0.25, -0.2) is 13.1 Å². The summed E-state index contributed by atoms with van der Waals surface area (Å²) in [5.74, 6) is -0.320. The van der Waals surface area contributed by atoms with Crippen molar-refractivity contribution in [3.63, 3.8) is 0 Å². The Labute approximate surface area is 207 Å². The van der Waals surface area contributed by atoms with Gasteiger partial charge in [0.05, 0.1) is 18.1 Å². The van der Waals surface area contributed by atoms with Crippen LogP contribution in [0.1, 0.15) is 40.0 Å². The van der Waals surface area contributed by atoms with Crippen molar-refractivity contribution in [2.24, 2.45) is 0 Å². The van der Waals surface area contributed by atoms with E-state index >= 15 is 0 Å². The summed E-state index contributed by atoms with van der Waals surface area (Å²) in [5.41, 5.74) is 3.35. The summed E-state index contributed by atoms with van der Waals surface area (Å²) < 4.78 is 34.0. The number of carbonyl (C=O) groups is 1. The van der Waals surface area contributed by atoms with E-state index in [2.05, 4.69) is 21.0 Å². The number of hydrogen-bond acceptors (Lipinski definition) is 5. The Morgan fingerprint density at radius 1 is 0.943 bits per heavy atom. The van der Waals surface area contributed by atoms with Crippen LogP contribution in [0.3, 0.4) is 0 Å². The van der Waals surface area contributed by atoms with Crippen molar-refractivity contribution in [3.05, 3.63) is 101 Å². The van der Waals surface area contributed by atoms with Crippen LogP contribution in [0.5, 0.6) is 0 Å². The molecular formula is C27H31N3O4S. The predicted molar refractivity (Wildman–Crippen MR) is 135 cm³/mol. The van der Waals surface area contributed by atoms with Crippen LogP contribution in [0.4, 0.5) is 0 Å². The number of hydrogen-bond donors (Lipinski definition) is 2. The summed E-state index contributed by atoms with van der Waals surface area (Å²) in [4.78, 5) is 15.3. The van der Waals surface area contributed by atoms with Crippen LogP contribution >= 0.6 is 0 Å². The summed E-state index contributed by atoms with van der Waals surface area (Å²) in [5, 5.41) is 2.94. The second kappa shape index (κ2) is 11.6. The molecule has 0 saturated carbocycles. The van der Waals surface area contributed by atoms with Crippen molar-refractivity contribution in [3.8, 4) is 0 Å². The highest BCUT2D eigenvalue weighted by Gasteiger charge is 2.20. The lowest BCUT2D eigenvalue weighted by Crippen LogP contribution is -2.36. The molecule has 1 heterocycles. The Morgan fingerprint density at radius 2 is 1.63 bits per heavy atom. The zero-order chi connectivity index (χ0) is 24.7. The molecule has 3 aromatic rings. The van der Waals surface area contributed by atoms with Gasteiger partial charge in [-0.1, -0.05) is 60.7 Å². The molecule has 0 bridgehead atoms. The minimum Gasteiger partial charge on any atom is -0.379 e. The van der Waals surface area contributed by atoms with Crippen molar-refractivity contribution >= 4 is 15.9 Å². The second-order valence-corrected chi connectivity index (χ2v) is 10.3. The molecular weight excluding hydrogens is 462 g/mol. The average Bonchev–Trinajstić information content (AvgIpc) is 2.89. The van der Waals surface area contributed by atoms with Crippen molar-refractivity contribution in [1.82, 2.24) is 14.9 Å². The molecule has 1 atom stereocenters. The van der Waals surface area contributed by atoms with Gasteiger partial charge in [0.2, 0.25) is 10.0 Å². The van der Waals surface area contributed by atoms with E-state index in [1.807, 2.05) is 48.5 Å². The average molecular weight is 494 g/mol. The zero-order valence-electron chi connectivity index (χ0n) is 19.8. The largest absolute Gasteiger partial charge is 0.379 e. The highest BCUT2D eigenvalue weighted by molar-refractivity contribution is 7.89. The van der Waals surface area contributed by atoms with E-state index in [1.54, 1.807) is 19.1 Å². The number of morpholine rings is 1. The van der Waals surface area contributed by atoms with Gasteiger partial charge in [0.15, 0.2) is 0 Å². The summed E-state index contributed by atoms with van der Waals surface area (Å²) >= 11 is 0. The number of amides is 1. The molecule has 4 rings (SSSR count). The molecule has 0 radical (unpaired) electrons. The molecule has 1 amide bonds. The molecule has 2 N–H and O–H groups in total. The molecule has 1 aliphatic heterocycles. The van der Waals surface area contributed by atoms with E-state index < -0.39 is 16.1 Å². The van der Waals surface area contributed by atoms with E-state index in [0.717, 1.165) is 49.5 Å². The fraction of sp³-hybridized carbons (Fsp3) is 0.296. The Balaban J connectivity index is 1.41. The quantitative estimate of drug-likeness (QED) is 0.477. The van der Waals surface area contributed by atoms with Crippen molar-refractivity contribution in [2.75, 3.05) is 26.3 Å². The fourth-order valence-electron chi connectivity index (χ4n) is 4.08. The van der Waals surface area contributed by atoms with E-state index in [4.69, 9.17) is 4.74 Å². The Bertz CT molecular complexity index is 1240. The number of ether oxygens (including phenoxy) is 1. The van der Waals surface area contributed by atoms with Crippen LogP contribution in [-0.2, 0) is 27.8 Å². The monoisotopic (exact) mass is 493 g/mol. The van der Waals surface area contributed by atoms with Gasteiger partial charge >= 0.3 is 0 Å². The van der Waals surface area contributed by atoms with Gasteiger partial charge in [-0.05, 0) is 41.8 Å². The first kappa shape index (κ1) is 25.1. The molecule has 0 aliphatic carbocycles. The number of carbonyl (C=O) groups excluding carboxylic acids is 1. The lowest BCUT2D eigenvalue weighted by Gasteiger charge is -2.27. The first-order chi connectivity index (χ1) is 16.9. The molecule has 3 aromatic carbocycles. The summed E-state index contributed by atoms with van der Waals surface area (Å²) in [6.07, 6.45) is 0. The van der Waals surface area contributed by atoms with Gasteiger partial charge in [-0.15, -0.1) is 0 Å². The normalized spacial score (nSPS) is 15.5. The number of sulfonamides is 1. The van der Waals surface area contributed by atoms with E-state index in [9.17, 15) is 13.2 Å². The van der Waals surface area contributed by atoms with E-state index in [-0.39, 0.29) is 10.8 Å². The third-order valence-electron chi connectivity index (χ3n) is 6.09. The molecule has 0 spiro atoms. The third-order valence-corrected chi connectivity index (χ3v) is 7.63. The second-order valence-electron chi connectivity index (χ2n) is 8.62. The van der Waals surface area contributed by atoms with Crippen LogP contribution in [0.15, 0.2) is 83.8 Å². The highest BCUT2D eigenvalue weighted by atomic mass is 32.2. The zero-order valence-corrected chi connectivity index (χ0v) is 20.6. The molecule has 35 heavy (non-hydrogen) atoms. The van der Waals surface area contributed by atoms with E-state index in [0.29, 0.717) is 12.1 Å². The predicted octanol–water partition coefficient (Wildman–Crippen LogP) is 3.49. The smallest absolute Gasteiger partial charge is 0.251 e. The Kier molecular flexibility index (Phi) is 8.30. The summed E-state index contributed by atoms with van der Waals surface area (Å²) in [6, 6.07) is 23.1. The number of benzene rings is 3. The molecule has 1 saturated heterocycles. The summed E-state index contributed by atoms with van der Waals surface area (Å²) in [6.45, 7) is 6.19. The maximum atomic E-state index is 12.9. The molecule has 1 fully saturated rings. The van der Waals surface area contributed by atoms with Crippen LogP contribution < -0.4 is 10.0 Å². The summed E-state index contributed by atoms with van der Waals surface area (Å²) in [7, 11) is -3.80. The SMILES string of the molecule is C[C@@H](NS(=O)(=O)c1cccc(C(=O)NCc2ccccc2CN2CCOCC2)c1)c1ccccc1. The van der Waals surface area contributed by atoms with Gasteiger partial charge < -0.3 is 10.1 Å². The topological polar surface area (TPSA) is 87.7 Å². The van der Waals surface area contributed by atoms with E-state index in [1.165, 1.54) is 12.1 Å². The van der Waals surface area contributed by atoms with Gasteiger partial charge in [0, 0.05) is 37.8 Å². The lowest BCUT2D eigenvalue weighted by atomic mass is 10.1. The Morgan fingerprint density at radius 3 is 2.37 bits per heavy atom. The van der Waals surface area contributed by atoms with Crippen molar-refractivity contribution < 1.29 is 17.9 Å². The maximum Gasteiger partial charge on any atom is 0.251 e. The number of rotatable bonds is 9. The maximum absolute atomic E-state index is 12.9. The molecule has 0 unspecified atom stereocenters. The minimum absolute atomic E-state index is 0.0562. The van der Waals surface area contributed by atoms with Gasteiger partial charge in [-0.3, -0.25) is 9.69 Å². The van der Waals surface area contributed by atoms with Gasteiger partial charge in [0.25, 0.3) is 5.91 Å². The van der Waals surface area contributed by atoms with Gasteiger partial charge in [0.1, 0.15) is 0 Å². The van der Waals surface area contributed by atoms with Crippen LogP contribution in [-0.4, -0.2) is 45.5 Å². The fourth-order valence-corrected chi connectivity index (χ4v) is 5.35. The van der Waals surface area contributed by atoms with Crippen LogP contribution in [0, 0.1) is 0 Å². The van der Waals surface area contributed by atoms with Crippen molar-refractivity contribution in [2.45, 2.75) is 31.0 Å². The third kappa shape index (κ3) is 6.76. The molecule has 8 heteroatoms. The lowest BCUT2D eigenvalue weighted by molar-refractivity contribution is 0.0340. The molecule has 184 valence electrons. The molecule has 7 nitrogen and oxygen atoms in total. The van der Waals surface area contributed by atoms with Crippen LogP contribution in [0.2, 0.25) is 0 Å². The first-order valence-electron chi connectivity index (χ1n) is 11.7. The number of nitrogens with zero attached hydrogens (tertiary/aromatic N) is 1. The van der Waals surface area contributed by atoms with Crippen molar-refractivity contribution in [1.29, 1.82) is 0 Å². The van der Waals surface area contributed by atoms with Gasteiger partial charge in [-0.2, -0.15) is 0 Å². The number of nitrogens with one attached hydrogen (secondary N) is 2. The molecule has 0 aromatic heterocycles.